The van der Waals surface area contributed by atoms with Crippen molar-refractivity contribution in [2.45, 2.75) is 70.7 Å². The molecule has 6 aromatic carbocycles. The highest BCUT2D eigenvalue weighted by molar-refractivity contribution is 5.97. The number of ketones is 1. The largest absolute Gasteiger partial charge is 0.478 e. The number of carboxylic acids is 1. The van der Waals surface area contributed by atoms with Crippen LogP contribution in [0.5, 0.6) is 0 Å². The number of fused-ring (bicyclic) bond motifs is 2. The molecule has 15 nitrogen and oxygen atoms in total. The Bertz CT molecular complexity index is 3800. The molecule has 17 heteroatoms. The van der Waals surface area contributed by atoms with Gasteiger partial charge in [0.05, 0.1) is 87.6 Å². The molecular weight excluding hydrogens is 1060 g/mol. The summed E-state index contributed by atoms with van der Waals surface area (Å²) in [4.78, 5) is 42.9. The van der Waals surface area contributed by atoms with Gasteiger partial charge in [-0.2, -0.15) is 10.5 Å². The van der Waals surface area contributed by atoms with Crippen LogP contribution >= 0.6 is 0 Å². The number of carboxylic acid groups (broad SMARTS) is 1. The van der Waals surface area contributed by atoms with Crippen molar-refractivity contribution in [1.29, 1.82) is 10.5 Å². The van der Waals surface area contributed by atoms with Crippen molar-refractivity contribution < 1.29 is 33.0 Å². The number of nitriles is 2. The highest BCUT2D eigenvalue weighted by atomic mass is 19.1. The van der Waals surface area contributed by atoms with Crippen molar-refractivity contribution in [3.05, 3.63) is 237 Å². The molecule has 0 aliphatic carbocycles. The zero-order valence-electron chi connectivity index (χ0n) is 46.8. The molecule has 4 aromatic heterocycles. The highest BCUT2D eigenvalue weighted by Gasteiger charge is 2.20. The van der Waals surface area contributed by atoms with E-state index in [0.717, 1.165) is 73.2 Å². The lowest BCUT2D eigenvalue weighted by atomic mass is 10.0. The maximum Gasteiger partial charge on any atom is 0.335 e. The molecule has 424 valence electrons. The molecule has 0 bridgehead atoms. The predicted molar refractivity (Wildman–Crippen MR) is 318 cm³/mol. The molecular formula is C67H62F2N10O5. The average molecular weight is 1130 g/mol. The van der Waals surface area contributed by atoms with Crippen molar-refractivity contribution in [2.24, 2.45) is 11.5 Å². The number of rotatable bonds is 22. The number of Topliss-reactive ketones (excluding diaryl/α,β-unsaturated/α-hetero) is 1. The Balaban J connectivity index is 0.000000202. The third-order valence-electron chi connectivity index (χ3n) is 14.8. The standard InChI is InChI=1S/C34H32FN5O2.C33H30FN5O3/c1-22(41)27-13-15-32-33(18-27)40(21-29(20-37)42-2)34(39-32)17-23-6-10-26(11-7-23)31-5-3-4-28(38-31)14-12-25-9-8-24(19-36)16-30(25)35;1-42-27(19-36)20-39-31-17-25(33(40)41)12-14-30(31)38-32(39)16-21-5-9-24(10-6-21)29-4-2-3-26(37-29)13-11-23-8-7-22(18-35)15-28(23)34/h3-11,13,15-16,18,29H,12,14,17,20-21,37H2,1-2H3;2-10,12,14-15,17,27H,11,13,16,19-20,36H2,1H3,(H,40,41)/t29-;27-/m10/s1. The molecule has 10 aromatic rings. The lowest BCUT2D eigenvalue weighted by Crippen LogP contribution is -2.28. The minimum atomic E-state index is -0.997. The van der Waals surface area contributed by atoms with E-state index in [4.69, 9.17) is 51.4 Å². The first-order valence-corrected chi connectivity index (χ1v) is 27.4. The number of aryl methyl sites for hydroxylation is 4. The van der Waals surface area contributed by atoms with Gasteiger partial charge in [0.1, 0.15) is 23.3 Å². The van der Waals surface area contributed by atoms with Crippen LogP contribution in [-0.2, 0) is 61.1 Å². The fourth-order valence-corrected chi connectivity index (χ4v) is 9.95. The fourth-order valence-electron chi connectivity index (χ4n) is 9.95. The van der Waals surface area contributed by atoms with E-state index in [2.05, 4.69) is 16.7 Å². The van der Waals surface area contributed by atoms with Gasteiger partial charge in [0.15, 0.2) is 5.78 Å². The number of aromatic nitrogens is 6. The van der Waals surface area contributed by atoms with Gasteiger partial charge in [-0.3, -0.25) is 14.8 Å². The van der Waals surface area contributed by atoms with Crippen LogP contribution in [0.25, 0.3) is 44.6 Å². The number of ether oxygens (including phenoxy) is 2. The number of aromatic carboxylic acids is 1. The number of pyridine rings is 2. The Hall–Kier alpha value is -9.62. The maximum absolute atomic E-state index is 14.3. The molecule has 0 aliphatic heterocycles. The Morgan fingerprint density at radius 1 is 0.560 bits per heavy atom. The summed E-state index contributed by atoms with van der Waals surface area (Å²) in [5, 5.41) is 27.4. The van der Waals surface area contributed by atoms with Crippen LogP contribution in [0.3, 0.4) is 0 Å². The van der Waals surface area contributed by atoms with Crippen molar-refractivity contribution in [3.63, 3.8) is 0 Å². The second-order valence-electron chi connectivity index (χ2n) is 20.3. The van der Waals surface area contributed by atoms with Crippen LogP contribution in [0.4, 0.5) is 8.78 Å². The molecule has 0 amide bonds. The van der Waals surface area contributed by atoms with E-state index in [1.165, 1.54) is 12.1 Å². The number of halogens is 2. The van der Waals surface area contributed by atoms with Gasteiger partial charge in [0.25, 0.3) is 0 Å². The lowest BCUT2D eigenvalue weighted by molar-refractivity contribution is 0.0696. The molecule has 0 saturated heterocycles. The molecule has 5 N–H and O–H groups in total. The Morgan fingerprint density at radius 3 is 1.37 bits per heavy atom. The van der Waals surface area contributed by atoms with E-state index >= 15 is 0 Å². The van der Waals surface area contributed by atoms with Gasteiger partial charge in [-0.25, -0.2) is 23.5 Å². The summed E-state index contributed by atoms with van der Waals surface area (Å²) in [5.41, 5.74) is 24.9. The summed E-state index contributed by atoms with van der Waals surface area (Å²) in [6, 6.07) is 51.5. The van der Waals surface area contributed by atoms with Gasteiger partial charge in [0.2, 0.25) is 0 Å². The minimum Gasteiger partial charge on any atom is -0.478 e. The second kappa shape index (κ2) is 27.4. The number of hydrogen-bond donors (Lipinski definition) is 3. The average Bonchev–Trinajstić information content (AvgIpc) is 3.66. The first-order valence-electron chi connectivity index (χ1n) is 27.4. The van der Waals surface area contributed by atoms with Gasteiger partial charge in [-0.1, -0.05) is 72.8 Å². The number of benzene rings is 6. The van der Waals surface area contributed by atoms with Crippen LogP contribution in [0.2, 0.25) is 0 Å². The van der Waals surface area contributed by atoms with Crippen LogP contribution < -0.4 is 11.5 Å². The number of hydrogen-bond acceptors (Lipinski definition) is 12. The summed E-state index contributed by atoms with van der Waals surface area (Å²) in [6.45, 7) is 3.22. The summed E-state index contributed by atoms with van der Waals surface area (Å²) in [5.74, 6) is -0.0899. The summed E-state index contributed by atoms with van der Waals surface area (Å²) >= 11 is 0. The van der Waals surface area contributed by atoms with E-state index in [-0.39, 0.29) is 35.2 Å². The number of methoxy groups -OCH3 is 2. The third-order valence-corrected chi connectivity index (χ3v) is 14.8. The molecule has 0 unspecified atom stereocenters. The Labute approximate surface area is 485 Å². The number of imidazole rings is 2. The van der Waals surface area contributed by atoms with E-state index < -0.39 is 5.97 Å². The molecule has 0 radical (unpaired) electrons. The first-order chi connectivity index (χ1) is 40.8. The normalized spacial score (nSPS) is 11.9. The molecule has 0 aliphatic rings. The molecule has 10 rings (SSSR count). The monoisotopic (exact) mass is 1120 g/mol. The van der Waals surface area contributed by atoms with E-state index in [1.54, 1.807) is 69.7 Å². The third kappa shape index (κ3) is 14.3. The molecule has 0 saturated carbocycles. The summed E-state index contributed by atoms with van der Waals surface area (Å²) in [7, 11) is 3.25. The van der Waals surface area contributed by atoms with Crippen LogP contribution in [-0.4, -0.2) is 85.4 Å². The lowest BCUT2D eigenvalue weighted by Gasteiger charge is -2.17. The predicted octanol–water partition coefficient (Wildman–Crippen LogP) is 10.8. The second-order valence-corrected chi connectivity index (χ2v) is 20.3. The van der Waals surface area contributed by atoms with Crippen LogP contribution in [0.15, 0.2) is 158 Å². The van der Waals surface area contributed by atoms with E-state index in [0.29, 0.717) is 98.0 Å². The molecule has 4 heterocycles. The smallest absolute Gasteiger partial charge is 0.335 e. The van der Waals surface area contributed by atoms with E-state index in [9.17, 15) is 23.5 Å². The number of nitrogens with two attached hydrogens (primary N) is 2. The van der Waals surface area contributed by atoms with Crippen molar-refractivity contribution in [2.75, 3.05) is 27.3 Å². The molecule has 84 heavy (non-hydrogen) atoms. The summed E-state index contributed by atoms with van der Waals surface area (Å²) in [6.07, 6.45) is 2.82. The highest BCUT2D eigenvalue weighted by Crippen LogP contribution is 2.27. The minimum absolute atomic E-state index is 0.00278. The fraction of sp³-hybridized carbons (Fsp3) is 0.224. The number of nitrogens with zero attached hydrogens (tertiary/aromatic N) is 8. The van der Waals surface area contributed by atoms with Crippen molar-refractivity contribution in [1.82, 2.24) is 29.1 Å². The quantitative estimate of drug-likeness (QED) is 0.0537. The van der Waals surface area contributed by atoms with Crippen LogP contribution in [0, 0.1) is 34.3 Å². The first kappa shape index (κ1) is 59.0. The number of carbonyl (C=O) groups is 2. The van der Waals surface area contributed by atoms with E-state index in [1.807, 2.05) is 102 Å². The summed E-state index contributed by atoms with van der Waals surface area (Å²) < 4.78 is 43.8. The van der Waals surface area contributed by atoms with Crippen molar-refractivity contribution in [3.8, 4) is 34.7 Å². The SMILES string of the molecule is CO[C@@H](CN)Cn1c(Cc2ccc(-c3cccc(CCc4ccc(C#N)cc4F)n3)cc2)nc2ccc(C(=O)O)cc21.CO[C@H](CN)Cn1c(Cc2ccc(-c3cccc(CCc4ccc(C#N)cc4F)n3)cc2)nc2ccc(C(C)=O)cc21. The molecule has 2 atom stereocenters. The maximum atomic E-state index is 14.3. The molecule has 0 spiro atoms. The Morgan fingerprint density at radius 2 is 0.988 bits per heavy atom. The topological polar surface area (TPSA) is 234 Å². The van der Waals surface area contributed by atoms with Crippen molar-refractivity contribution >= 4 is 33.8 Å². The van der Waals surface area contributed by atoms with Gasteiger partial charge in [-0.05, 0) is 140 Å². The van der Waals surface area contributed by atoms with Crippen LogP contribution in [0.1, 0.15) is 84.1 Å². The number of carbonyl (C=O) groups excluding carboxylic acids is 1. The van der Waals surface area contributed by atoms with Gasteiger partial charge in [-0.15, -0.1) is 0 Å². The van der Waals surface area contributed by atoms with Gasteiger partial charge < -0.3 is 35.2 Å². The zero-order chi connectivity index (χ0) is 59.3. The van der Waals surface area contributed by atoms with Gasteiger partial charge >= 0.3 is 5.97 Å². The Kier molecular flexibility index (Phi) is 19.3. The zero-order valence-corrected chi connectivity index (χ0v) is 46.8. The van der Waals surface area contributed by atoms with Gasteiger partial charge in [0, 0.05) is 68.2 Å². The molecule has 0 fully saturated rings.